The molecular weight excluding hydrogens is 389 g/mol. The number of carbonyl (C=O) groups is 2. The predicted molar refractivity (Wildman–Crippen MR) is 99.4 cm³/mol. The SMILES string of the molecule is CC(C)C(=O)Nc1cc(C(=O)NC(C)c2ccc(OCC(F)(F)F)nc2)ccn1. The molecule has 0 radical (unpaired) electrons. The van der Waals surface area contributed by atoms with Gasteiger partial charge in [0, 0.05) is 29.9 Å². The second-order valence-corrected chi connectivity index (χ2v) is 6.60. The summed E-state index contributed by atoms with van der Waals surface area (Å²) in [6, 6.07) is 5.31. The molecule has 2 aromatic heterocycles. The normalized spacial score (nSPS) is 12.4. The third-order valence-electron chi connectivity index (χ3n) is 3.79. The number of hydrogen-bond donors (Lipinski definition) is 2. The van der Waals surface area contributed by atoms with Crippen LogP contribution in [-0.4, -0.2) is 34.6 Å². The summed E-state index contributed by atoms with van der Waals surface area (Å²) in [5, 5.41) is 5.37. The van der Waals surface area contributed by atoms with Gasteiger partial charge < -0.3 is 15.4 Å². The van der Waals surface area contributed by atoms with Crippen LogP contribution in [0.15, 0.2) is 36.7 Å². The van der Waals surface area contributed by atoms with Crippen molar-refractivity contribution in [3.63, 3.8) is 0 Å². The summed E-state index contributed by atoms with van der Waals surface area (Å²) >= 11 is 0. The molecule has 1 unspecified atom stereocenters. The molecule has 7 nitrogen and oxygen atoms in total. The van der Waals surface area contributed by atoms with Crippen LogP contribution in [0.3, 0.4) is 0 Å². The summed E-state index contributed by atoms with van der Waals surface area (Å²) in [5.74, 6) is -0.759. The van der Waals surface area contributed by atoms with Crippen molar-refractivity contribution >= 4 is 17.6 Å². The van der Waals surface area contributed by atoms with Crippen LogP contribution in [0.4, 0.5) is 19.0 Å². The highest BCUT2D eigenvalue weighted by Crippen LogP contribution is 2.19. The smallest absolute Gasteiger partial charge is 0.422 e. The van der Waals surface area contributed by atoms with Gasteiger partial charge in [-0.2, -0.15) is 13.2 Å². The molecule has 0 bridgehead atoms. The highest BCUT2D eigenvalue weighted by atomic mass is 19.4. The van der Waals surface area contributed by atoms with Crippen LogP contribution in [0.2, 0.25) is 0 Å². The summed E-state index contributed by atoms with van der Waals surface area (Å²) in [4.78, 5) is 32.0. The van der Waals surface area contributed by atoms with Crippen LogP contribution in [0.5, 0.6) is 5.88 Å². The van der Waals surface area contributed by atoms with E-state index in [4.69, 9.17) is 0 Å². The molecule has 0 aliphatic rings. The van der Waals surface area contributed by atoms with Gasteiger partial charge in [0.25, 0.3) is 5.91 Å². The Balaban J connectivity index is 1.99. The molecule has 2 rings (SSSR count). The maximum absolute atomic E-state index is 12.5. The summed E-state index contributed by atoms with van der Waals surface area (Å²) in [6.07, 6.45) is -1.71. The minimum absolute atomic E-state index is 0.163. The number of hydrogen-bond acceptors (Lipinski definition) is 5. The number of halogens is 3. The molecule has 2 aromatic rings. The number of amides is 2. The zero-order chi connectivity index (χ0) is 21.6. The minimum atomic E-state index is -4.44. The molecule has 1 atom stereocenters. The van der Waals surface area contributed by atoms with E-state index in [0.29, 0.717) is 11.1 Å². The van der Waals surface area contributed by atoms with Gasteiger partial charge in [0.05, 0.1) is 6.04 Å². The number of nitrogens with zero attached hydrogens (tertiary/aromatic N) is 2. The van der Waals surface area contributed by atoms with Crippen LogP contribution < -0.4 is 15.4 Å². The first-order valence-corrected chi connectivity index (χ1v) is 8.78. The van der Waals surface area contributed by atoms with E-state index in [2.05, 4.69) is 25.3 Å². The first-order chi connectivity index (χ1) is 13.5. The summed E-state index contributed by atoms with van der Waals surface area (Å²) in [7, 11) is 0. The quantitative estimate of drug-likeness (QED) is 0.729. The van der Waals surface area contributed by atoms with Crippen LogP contribution in [-0.2, 0) is 4.79 Å². The standard InChI is InChI=1S/C19H21F3N4O3/c1-11(2)17(27)26-15-8-13(6-7-23-15)18(28)25-12(3)14-4-5-16(24-9-14)29-10-19(20,21)22/h4-9,11-12H,10H2,1-3H3,(H,25,28)(H,23,26,27). The second-order valence-electron chi connectivity index (χ2n) is 6.60. The molecule has 0 spiro atoms. The van der Waals surface area contributed by atoms with Gasteiger partial charge in [-0.05, 0) is 24.6 Å². The maximum Gasteiger partial charge on any atom is 0.422 e. The first kappa shape index (κ1) is 22.1. The monoisotopic (exact) mass is 410 g/mol. The largest absolute Gasteiger partial charge is 0.468 e. The predicted octanol–water partition coefficient (Wildman–Crippen LogP) is 3.50. The lowest BCUT2D eigenvalue weighted by Gasteiger charge is -2.15. The Labute approximate surface area is 165 Å². The average molecular weight is 410 g/mol. The van der Waals surface area contributed by atoms with Crippen LogP contribution in [0.25, 0.3) is 0 Å². The van der Waals surface area contributed by atoms with Gasteiger partial charge in [-0.3, -0.25) is 9.59 Å². The highest BCUT2D eigenvalue weighted by Gasteiger charge is 2.28. The molecular formula is C19H21F3N4O3. The van der Waals surface area contributed by atoms with Crippen LogP contribution >= 0.6 is 0 Å². The molecule has 0 fully saturated rings. The molecule has 29 heavy (non-hydrogen) atoms. The number of rotatable bonds is 7. The van der Waals surface area contributed by atoms with Crippen molar-refractivity contribution in [1.82, 2.24) is 15.3 Å². The Hall–Kier alpha value is -3.17. The van der Waals surface area contributed by atoms with Gasteiger partial charge in [-0.1, -0.05) is 19.9 Å². The Morgan fingerprint density at radius 2 is 1.86 bits per heavy atom. The number of anilines is 1. The van der Waals surface area contributed by atoms with Crippen LogP contribution in [0, 0.1) is 5.92 Å². The highest BCUT2D eigenvalue weighted by molar-refractivity contribution is 5.97. The van der Waals surface area contributed by atoms with E-state index in [9.17, 15) is 22.8 Å². The average Bonchev–Trinajstić information content (AvgIpc) is 2.66. The Kier molecular flexibility index (Phi) is 7.13. The Morgan fingerprint density at radius 1 is 1.14 bits per heavy atom. The van der Waals surface area contributed by atoms with Gasteiger partial charge in [0.1, 0.15) is 5.82 Å². The van der Waals surface area contributed by atoms with Crippen molar-refractivity contribution in [1.29, 1.82) is 0 Å². The topological polar surface area (TPSA) is 93.2 Å². The Bertz CT molecular complexity index is 855. The van der Waals surface area contributed by atoms with Crippen LogP contribution in [0.1, 0.15) is 42.7 Å². The molecule has 2 amide bonds. The molecule has 0 aromatic carbocycles. The van der Waals surface area contributed by atoms with E-state index in [1.54, 1.807) is 20.8 Å². The fraction of sp³-hybridized carbons (Fsp3) is 0.368. The summed E-state index contributed by atoms with van der Waals surface area (Å²) < 4.78 is 41.0. The number of nitrogens with one attached hydrogen (secondary N) is 2. The number of alkyl halides is 3. The number of pyridine rings is 2. The lowest BCUT2D eigenvalue weighted by atomic mass is 10.1. The van der Waals surface area contributed by atoms with Gasteiger partial charge >= 0.3 is 6.18 Å². The van der Waals surface area contributed by atoms with Crippen molar-refractivity contribution < 1.29 is 27.5 Å². The molecule has 2 N–H and O–H groups in total. The van der Waals surface area contributed by atoms with E-state index in [1.165, 1.54) is 36.7 Å². The number of ether oxygens (including phenoxy) is 1. The van der Waals surface area contributed by atoms with Crippen molar-refractivity contribution in [3.05, 3.63) is 47.8 Å². The van der Waals surface area contributed by atoms with Gasteiger partial charge in [0.15, 0.2) is 6.61 Å². The zero-order valence-electron chi connectivity index (χ0n) is 16.1. The van der Waals surface area contributed by atoms with Crippen molar-refractivity contribution in [2.45, 2.75) is 33.0 Å². The van der Waals surface area contributed by atoms with Crippen molar-refractivity contribution in [2.24, 2.45) is 5.92 Å². The van der Waals surface area contributed by atoms with E-state index in [1.807, 2.05) is 0 Å². The zero-order valence-corrected chi connectivity index (χ0v) is 16.1. The van der Waals surface area contributed by atoms with E-state index in [-0.39, 0.29) is 23.5 Å². The molecule has 0 saturated carbocycles. The lowest BCUT2D eigenvalue weighted by Crippen LogP contribution is -2.27. The first-order valence-electron chi connectivity index (χ1n) is 8.78. The molecule has 0 aliphatic carbocycles. The maximum atomic E-state index is 12.5. The van der Waals surface area contributed by atoms with Gasteiger partial charge in [0.2, 0.25) is 11.8 Å². The third kappa shape index (κ3) is 7.05. The minimum Gasteiger partial charge on any atom is -0.468 e. The summed E-state index contributed by atoms with van der Waals surface area (Å²) in [5.41, 5.74) is 0.879. The van der Waals surface area contributed by atoms with E-state index in [0.717, 1.165) is 0 Å². The van der Waals surface area contributed by atoms with E-state index >= 15 is 0 Å². The summed E-state index contributed by atoms with van der Waals surface area (Å²) in [6.45, 7) is 3.75. The van der Waals surface area contributed by atoms with E-state index < -0.39 is 24.7 Å². The fourth-order valence-corrected chi connectivity index (χ4v) is 2.16. The molecule has 0 saturated heterocycles. The third-order valence-corrected chi connectivity index (χ3v) is 3.79. The number of carbonyl (C=O) groups excluding carboxylic acids is 2. The fourth-order valence-electron chi connectivity index (χ4n) is 2.16. The Morgan fingerprint density at radius 3 is 2.45 bits per heavy atom. The van der Waals surface area contributed by atoms with Gasteiger partial charge in [-0.25, -0.2) is 9.97 Å². The molecule has 10 heteroatoms. The lowest BCUT2D eigenvalue weighted by molar-refractivity contribution is -0.154. The molecule has 0 aliphatic heterocycles. The molecule has 156 valence electrons. The van der Waals surface area contributed by atoms with Crippen molar-refractivity contribution in [2.75, 3.05) is 11.9 Å². The molecule has 2 heterocycles. The van der Waals surface area contributed by atoms with Gasteiger partial charge in [-0.15, -0.1) is 0 Å². The van der Waals surface area contributed by atoms with Crippen molar-refractivity contribution in [3.8, 4) is 5.88 Å². The number of aromatic nitrogens is 2. The second kappa shape index (κ2) is 9.35.